The van der Waals surface area contributed by atoms with Crippen molar-refractivity contribution in [2.24, 2.45) is 7.05 Å². The van der Waals surface area contributed by atoms with Crippen LogP contribution in [0, 0.1) is 0 Å². The highest BCUT2D eigenvalue weighted by Gasteiger charge is 2.33. The largest absolute Gasteiger partial charge is 0.380 e. The molecule has 0 spiro atoms. The molecule has 1 N–H and O–H groups in total. The zero-order valence-electron chi connectivity index (χ0n) is 15.5. The summed E-state index contributed by atoms with van der Waals surface area (Å²) in [5.41, 5.74) is 2.58. The Hall–Kier alpha value is -2.22. The quantitative estimate of drug-likeness (QED) is 0.845. The van der Waals surface area contributed by atoms with E-state index in [-0.39, 0.29) is 18.1 Å². The van der Waals surface area contributed by atoms with Gasteiger partial charge in [0.25, 0.3) is 5.91 Å². The van der Waals surface area contributed by atoms with Gasteiger partial charge in [0.2, 0.25) is 0 Å². The first kappa shape index (κ1) is 18.6. The summed E-state index contributed by atoms with van der Waals surface area (Å²) in [5.74, 6) is -0.113. The van der Waals surface area contributed by atoms with Gasteiger partial charge in [0.1, 0.15) is 0 Å². The second-order valence-corrected chi connectivity index (χ2v) is 6.56. The number of hydrogen-bond donors (Lipinski definition) is 1. The Morgan fingerprint density at radius 2 is 2.19 bits per heavy atom. The van der Waals surface area contributed by atoms with Crippen LogP contribution in [0.4, 0.5) is 0 Å². The van der Waals surface area contributed by atoms with Gasteiger partial charge in [-0.2, -0.15) is 0 Å². The Kier molecular flexibility index (Phi) is 6.03. The van der Waals surface area contributed by atoms with Crippen LogP contribution in [0.15, 0.2) is 36.8 Å². The minimum atomic E-state index is -0.136. The van der Waals surface area contributed by atoms with Crippen LogP contribution in [-0.4, -0.2) is 60.3 Å². The zero-order valence-corrected chi connectivity index (χ0v) is 15.5. The molecule has 1 aliphatic heterocycles. The van der Waals surface area contributed by atoms with Crippen LogP contribution in [0.3, 0.4) is 0 Å². The summed E-state index contributed by atoms with van der Waals surface area (Å²) < 4.78 is 13.2. The second-order valence-electron chi connectivity index (χ2n) is 6.56. The van der Waals surface area contributed by atoms with Crippen molar-refractivity contribution in [2.75, 3.05) is 33.9 Å². The highest BCUT2D eigenvalue weighted by molar-refractivity contribution is 5.95. The molecule has 0 unspecified atom stereocenters. The topological polar surface area (TPSA) is 68.6 Å². The fourth-order valence-corrected chi connectivity index (χ4v) is 3.41. The number of rotatable bonds is 6. The molecule has 3 rings (SSSR count). The number of carbonyl (C=O) groups excluding carboxylic acids is 1. The van der Waals surface area contributed by atoms with E-state index in [1.165, 1.54) is 0 Å². The van der Waals surface area contributed by atoms with E-state index in [1.54, 1.807) is 13.4 Å². The summed E-state index contributed by atoms with van der Waals surface area (Å²) in [4.78, 5) is 19.1. The van der Waals surface area contributed by atoms with Crippen molar-refractivity contribution in [3.63, 3.8) is 0 Å². The number of nitrogens with zero attached hydrogens (tertiary/aromatic N) is 3. The van der Waals surface area contributed by atoms with Crippen LogP contribution in [0.5, 0.6) is 0 Å². The van der Waals surface area contributed by atoms with Crippen molar-refractivity contribution in [3.8, 4) is 0 Å². The van der Waals surface area contributed by atoms with Crippen molar-refractivity contribution in [1.29, 1.82) is 0 Å². The summed E-state index contributed by atoms with van der Waals surface area (Å²) in [6.07, 6.45) is 3.51. The molecule has 1 aromatic heterocycles. The summed E-state index contributed by atoms with van der Waals surface area (Å²) in [5, 5.41) is 3.02. The molecule has 1 saturated heterocycles. The normalized spacial score (nSPS) is 20.9. The number of likely N-dealkylation sites (N-methyl/N-ethyl adjacent to an activating group) is 1. The number of aryl methyl sites for hydroxylation is 1. The molecular weight excluding hydrogens is 332 g/mol. The first-order valence-electron chi connectivity index (χ1n) is 8.75. The van der Waals surface area contributed by atoms with Crippen molar-refractivity contribution >= 4 is 5.91 Å². The Morgan fingerprint density at radius 3 is 2.92 bits per heavy atom. The molecule has 26 heavy (non-hydrogen) atoms. The SMILES string of the molecule is COCc1ccccc1C(=O)NC[C@@H]1OCCN(C)[C@H]1c1cncn1C. The van der Waals surface area contributed by atoms with Crippen LogP contribution < -0.4 is 5.32 Å². The van der Waals surface area contributed by atoms with Gasteiger partial charge in [0.15, 0.2) is 0 Å². The minimum absolute atomic E-state index is 0.0470. The fraction of sp³-hybridized carbons (Fsp3) is 0.474. The minimum Gasteiger partial charge on any atom is -0.380 e. The van der Waals surface area contributed by atoms with Crippen LogP contribution in [0.2, 0.25) is 0 Å². The van der Waals surface area contributed by atoms with Crippen LogP contribution in [0.1, 0.15) is 27.7 Å². The third-order valence-electron chi connectivity index (χ3n) is 4.79. The second kappa shape index (κ2) is 8.44. The van der Waals surface area contributed by atoms with Crippen molar-refractivity contribution in [1.82, 2.24) is 19.8 Å². The lowest BCUT2D eigenvalue weighted by Crippen LogP contribution is -2.48. The number of carbonyl (C=O) groups is 1. The Bertz CT molecular complexity index is 746. The number of aromatic nitrogens is 2. The van der Waals surface area contributed by atoms with E-state index in [1.807, 2.05) is 42.1 Å². The van der Waals surface area contributed by atoms with E-state index in [2.05, 4.69) is 22.2 Å². The molecule has 7 nitrogen and oxygen atoms in total. The average molecular weight is 358 g/mol. The van der Waals surface area contributed by atoms with E-state index in [9.17, 15) is 4.79 Å². The van der Waals surface area contributed by atoms with E-state index in [0.717, 1.165) is 17.8 Å². The first-order chi connectivity index (χ1) is 12.6. The number of methoxy groups -OCH3 is 1. The molecule has 2 heterocycles. The molecule has 1 aliphatic rings. The van der Waals surface area contributed by atoms with Gasteiger partial charge in [0.05, 0.1) is 37.4 Å². The number of imidazole rings is 1. The molecular formula is C19H26N4O3. The monoisotopic (exact) mass is 358 g/mol. The molecule has 0 saturated carbocycles. The number of morpholine rings is 1. The fourth-order valence-electron chi connectivity index (χ4n) is 3.41. The van der Waals surface area contributed by atoms with Crippen molar-refractivity contribution in [2.45, 2.75) is 18.8 Å². The van der Waals surface area contributed by atoms with Gasteiger partial charge in [0, 0.05) is 39.0 Å². The van der Waals surface area contributed by atoms with E-state index >= 15 is 0 Å². The molecule has 140 valence electrons. The third kappa shape index (κ3) is 3.95. The van der Waals surface area contributed by atoms with E-state index in [4.69, 9.17) is 9.47 Å². The first-order valence-corrected chi connectivity index (χ1v) is 8.75. The average Bonchev–Trinajstić information content (AvgIpc) is 3.06. The lowest BCUT2D eigenvalue weighted by atomic mass is 10.0. The lowest BCUT2D eigenvalue weighted by molar-refractivity contribution is -0.0626. The number of benzene rings is 1. The van der Waals surface area contributed by atoms with Gasteiger partial charge in [-0.1, -0.05) is 18.2 Å². The standard InChI is InChI=1S/C19H26N4O3/c1-22-8-9-26-17(18(22)16-10-20-13-23(16)2)11-21-19(24)15-7-5-4-6-14(15)12-25-3/h4-7,10,13,17-18H,8-9,11-12H2,1-3H3,(H,21,24)/t17-,18-/m0/s1. The van der Waals surface area contributed by atoms with Gasteiger partial charge in [-0.05, 0) is 18.7 Å². The zero-order chi connectivity index (χ0) is 18.5. The Balaban J connectivity index is 1.71. The number of hydrogen-bond acceptors (Lipinski definition) is 5. The van der Waals surface area contributed by atoms with Gasteiger partial charge >= 0.3 is 0 Å². The lowest BCUT2D eigenvalue weighted by Gasteiger charge is -2.39. The van der Waals surface area contributed by atoms with Crippen LogP contribution >= 0.6 is 0 Å². The Morgan fingerprint density at radius 1 is 1.38 bits per heavy atom. The molecule has 2 atom stereocenters. The maximum atomic E-state index is 12.7. The molecule has 0 aliphatic carbocycles. The van der Waals surface area contributed by atoms with Crippen molar-refractivity contribution < 1.29 is 14.3 Å². The molecule has 1 amide bonds. The predicted octanol–water partition coefficient (Wildman–Crippen LogP) is 1.37. The van der Waals surface area contributed by atoms with Gasteiger partial charge in [-0.3, -0.25) is 9.69 Å². The predicted molar refractivity (Wildman–Crippen MR) is 97.8 cm³/mol. The number of amides is 1. The third-order valence-corrected chi connectivity index (χ3v) is 4.79. The number of nitrogens with one attached hydrogen (secondary N) is 1. The highest BCUT2D eigenvalue weighted by atomic mass is 16.5. The van der Waals surface area contributed by atoms with Crippen LogP contribution in [0.25, 0.3) is 0 Å². The summed E-state index contributed by atoms with van der Waals surface area (Å²) in [6.45, 7) is 2.33. The van der Waals surface area contributed by atoms with Gasteiger partial charge in [-0.25, -0.2) is 4.98 Å². The summed E-state index contributed by atoms with van der Waals surface area (Å²) >= 11 is 0. The van der Waals surface area contributed by atoms with E-state index < -0.39 is 0 Å². The molecule has 1 fully saturated rings. The molecule has 0 bridgehead atoms. The molecule has 7 heteroatoms. The van der Waals surface area contributed by atoms with Crippen LogP contribution in [-0.2, 0) is 23.1 Å². The highest BCUT2D eigenvalue weighted by Crippen LogP contribution is 2.27. The molecule has 2 aromatic rings. The molecule has 0 radical (unpaired) electrons. The van der Waals surface area contributed by atoms with Gasteiger partial charge in [-0.15, -0.1) is 0 Å². The Labute approximate surface area is 153 Å². The van der Waals surface area contributed by atoms with E-state index in [0.29, 0.717) is 25.3 Å². The summed E-state index contributed by atoms with van der Waals surface area (Å²) in [7, 11) is 5.67. The van der Waals surface area contributed by atoms with Crippen molar-refractivity contribution in [3.05, 3.63) is 53.6 Å². The smallest absolute Gasteiger partial charge is 0.251 e. The maximum absolute atomic E-state index is 12.7. The van der Waals surface area contributed by atoms with Gasteiger partial charge < -0.3 is 19.4 Å². The number of ether oxygens (including phenoxy) is 2. The summed E-state index contributed by atoms with van der Waals surface area (Å²) in [6, 6.07) is 7.53. The molecule has 1 aromatic carbocycles. The maximum Gasteiger partial charge on any atom is 0.251 e.